The first-order valence-electron chi connectivity index (χ1n) is 12.2. The molecule has 12 nitrogen and oxygen atoms in total. The zero-order chi connectivity index (χ0) is 29.9. The smallest absolute Gasteiger partial charge is 0.330 e. The van der Waals surface area contributed by atoms with Crippen molar-refractivity contribution >= 4 is 23.9 Å². The highest BCUT2D eigenvalue weighted by Gasteiger charge is 2.12. The van der Waals surface area contributed by atoms with Gasteiger partial charge in [-0.15, -0.1) is 0 Å². The van der Waals surface area contributed by atoms with E-state index in [9.17, 15) is 19.2 Å². The van der Waals surface area contributed by atoms with E-state index in [1.807, 2.05) is 6.92 Å². The number of esters is 4. The number of hydrogen-bond acceptors (Lipinski definition) is 12. The Morgan fingerprint density at radius 2 is 0.872 bits per heavy atom. The number of hydrogen-bond donors (Lipinski definition) is 0. The van der Waals surface area contributed by atoms with Crippen molar-refractivity contribution in [1.82, 2.24) is 0 Å². The van der Waals surface area contributed by atoms with Crippen molar-refractivity contribution in [2.24, 2.45) is 0 Å². The Bertz CT molecular complexity index is 721. The minimum atomic E-state index is -0.479. The van der Waals surface area contributed by atoms with Gasteiger partial charge in [0.25, 0.3) is 0 Å². The molecule has 0 aromatic carbocycles. The molecule has 12 heteroatoms. The lowest BCUT2D eigenvalue weighted by Crippen LogP contribution is -2.27. The molecule has 0 aromatic heterocycles. The number of rotatable bonds is 22. The summed E-state index contributed by atoms with van der Waals surface area (Å²) in [6.07, 6.45) is 3.62. The van der Waals surface area contributed by atoms with Gasteiger partial charge in [0.1, 0.15) is 25.9 Å². The van der Waals surface area contributed by atoms with Gasteiger partial charge in [0.05, 0.1) is 51.8 Å². The maximum Gasteiger partial charge on any atom is 0.330 e. The molecule has 0 aliphatic carbocycles. The van der Waals surface area contributed by atoms with Crippen LogP contribution < -0.4 is 0 Å². The van der Waals surface area contributed by atoms with Crippen molar-refractivity contribution in [3.63, 3.8) is 0 Å². The van der Waals surface area contributed by atoms with Crippen LogP contribution in [0, 0.1) is 0 Å². The minimum Gasteiger partial charge on any atom is -0.460 e. The summed E-state index contributed by atoms with van der Waals surface area (Å²) in [6.45, 7) is 21.0. The monoisotopic (exact) mass is 558 g/mol. The van der Waals surface area contributed by atoms with E-state index in [2.05, 4.69) is 35.8 Å². The van der Waals surface area contributed by atoms with Crippen LogP contribution in [0.3, 0.4) is 0 Å². The SMILES string of the molecule is C=CC(=O)OCC(C)OCC(C)OCC(C)OC(=O)C=C.C=CC(=O)OCCOCCOCCOC(=O)C=C. The first kappa shape index (κ1) is 37.8. The maximum atomic E-state index is 11.0. The van der Waals surface area contributed by atoms with Crippen LogP contribution >= 0.6 is 0 Å². The molecule has 0 rings (SSSR count). The van der Waals surface area contributed by atoms with Crippen LogP contribution in [0.2, 0.25) is 0 Å². The van der Waals surface area contributed by atoms with Crippen LogP contribution in [0.1, 0.15) is 20.8 Å². The second-order valence-electron chi connectivity index (χ2n) is 7.54. The molecule has 0 amide bonds. The lowest BCUT2D eigenvalue weighted by atomic mass is 10.4. The highest BCUT2D eigenvalue weighted by molar-refractivity contribution is 5.82. The number of ether oxygens (including phenoxy) is 8. The fourth-order valence-corrected chi connectivity index (χ4v) is 2.08. The Labute approximate surface area is 230 Å². The molecule has 3 atom stereocenters. The molecule has 39 heavy (non-hydrogen) atoms. The second kappa shape index (κ2) is 26.3. The van der Waals surface area contributed by atoms with Crippen molar-refractivity contribution in [3.8, 4) is 0 Å². The van der Waals surface area contributed by atoms with Crippen molar-refractivity contribution in [2.75, 3.05) is 59.5 Å². The molecule has 0 fully saturated rings. The summed E-state index contributed by atoms with van der Waals surface area (Å²) in [5, 5.41) is 0. The molecule has 0 aliphatic heterocycles. The first-order chi connectivity index (χ1) is 18.6. The average Bonchev–Trinajstić information content (AvgIpc) is 2.94. The fraction of sp³-hybridized carbons (Fsp3) is 0.556. The molecule has 0 radical (unpaired) electrons. The van der Waals surface area contributed by atoms with Gasteiger partial charge in [0, 0.05) is 24.3 Å². The lowest BCUT2D eigenvalue weighted by molar-refractivity contribution is -0.148. The van der Waals surface area contributed by atoms with Crippen LogP contribution in [0.4, 0.5) is 0 Å². The average molecular weight is 559 g/mol. The third kappa shape index (κ3) is 27.5. The van der Waals surface area contributed by atoms with E-state index in [1.54, 1.807) is 13.8 Å². The topological polar surface area (TPSA) is 142 Å². The lowest BCUT2D eigenvalue weighted by Gasteiger charge is -2.19. The summed E-state index contributed by atoms with van der Waals surface area (Å²) in [4.78, 5) is 43.1. The Morgan fingerprint density at radius 3 is 1.31 bits per heavy atom. The van der Waals surface area contributed by atoms with Gasteiger partial charge in [-0.1, -0.05) is 26.3 Å². The molecule has 0 heterocycles. The van der Waals surface area contributed by atoms with Gasteiger partial charge >= 0.3 is 23.9 Å². The van der Waals surface area contributed by atoms with Crippen LogP contribution in [-0.2, 0) is 57.1 Å². The molecule has 0 saturated heterocycles. The highest BCUT2D eigenvalue weighted by Crippen LogP contribution is 2.01. The summed E-state index contributed by atoms with van der Waals surface area (Å²) in [6, 6.07) is 0. The predicted octanol–water partition coefficient (Wildman–Crippen LogP) is 2.12. The normalized spacial score (nSPS) is 12.3. The van der Waals surface area contributed by atoms with E-state index >= 15 is 0 Å². The predicted molar refractivity (Wildman–Crippen MR) is 142 cm³/mol. The van der Waals surface area contributed by atoms with Gasteiger partial charge in [0.2, 0.25) is 0 Å². The van der Waals surface area contributed by atoms with Crippen LogP contribution in [0.5, 0.6) is 0 Å². The molecule has 0 aromatic rings. The van der Waals surface area contributed by atoms with E-state index in [1.165, 1.54) is 0 Å². The standard InChI is InChI=1S/C15H24O6.C12H18O6/c1-6-14(16)20-9-12(4)18-8-11(3)19-10-13(5)21-15(17)7-2;1-3-11(13)17-9-7-15-5-6-16-8-10-18-12(14)4-2/h6-7,11-13H,1-2,8-10H2,3-5H3;3-4H,1-2,5-10H2. The first-order valence-corrected chi connectivity index (χ1v) is 12.2. The fourth-order valence-electron chi connectivity index (χ4n) is 2.08. The van der Waals surface area contributed by atoms with Gasteiger partial charge in [-0.2, -0.15) is 0 Å². The quantitative estimate of drug-likeness (QED) is 0.0831. The number of carbonyl (C=O) groups is 4. The third-order valence-corrected chi connectivity index (χ3v) is 3.99. The highest BCUT2D eigenvalue weighted by atomic mass is 16.6. The Hall–Kier alpha value is -3.32. The summed E-state index contributed by atoms with van der Waals surface area (Å²) in [7, 11) is 0. The van der Waals surface area contributed by atoms with E-state index in [0.29, 0.717) is 33.0 Å². The Morgan fingerprint density at radius 1 is 0.513 bits per heavy atom. The van der Waals surface area contributed by atoms with Crippen molar-refractivity contribution < 1.29 is 57.1 Å². The van der Waals surface area contributed by atoms with Gasteiger partial charge in [-0.25, -0.2) is 19.2 Å². The molecular weight excluding hydrogens is 516 g/mol. The van der Waals surface area contributed by atoms with E-state index in [-0.39, 0.29) is 44.7 Å². The molecule has 3 unspecified atom stereocenters. The van der Waals surface area contributed by atoms with Crippen molar-refractivity contribution in [2.45, 2.75) is 39.1 Å². The largest absolute Gasteiger partial charge is 0.460 e. The molecule has 0 N–H and O–H groups in total. The third-order valence-electron chi connectivity index (χ3n) is 3.99. The van der Waals surface area contributed by atoms with Gasteiger partial charge < -0.3 is 37.9 Å². The van der Waals surface area contributed by atoms with Crippen LogP contribution in [0.25, 0.3) is 0 Å². The second-order valence-corrected chi connectivity index (χ2v) is 7.54. The van der Waals surface area contributed by atoms with Gasteiger partial charge in [0.15, 0.2) is 0 Å². The summed E-state index contributed by atoms with van der Waals surface area (Å²) in [5.74, 6) is -1.90. The Kier molecular flexibility index (Phi) is 25.5. The van der Waals surface area contributed by atoms with Crippen LogP contribution in [0.15, 0.2) is 50.6 Å². The summed E-state index contributed by atoms with van der Waals surface area (Å²) in [5.41, 5.74) is 0. The van der Waals surface area contributed by atoms with Gasteiger partial charge in [-0.3, -0.25) is 0 Å². The van der Waals surface area contributed by atoms with E-state index < -0.39 is 23.9 Å². The molecule has 0 bridgehead atoms. The molecule has 0 aliphatic rings. The van der Waals surface area contributed by atoms with Crippen LogP contribution in [-0.4, -0.2) is 102 Å². The summed E-state index contributed by atoms with van der Waals surface area (Å²) < 4.78 is 40.4. The maximum absolute atomic E-state index is 11.0. The zero-order valence-corrected chi connectivity index (χ0v) is 23.1. The minimum absolute atomic E-state index is 0.158. The van der Waals surface area contributed by atoms with Gasteiger partial charge in [-0.05, 0) is 20.8 Å². The summed E-state index contributed by atoms with van der Waals surface area (Å²) >= 11 is 0. The molecule has 0 spiro atoms. The van der Waals surface area contributed by atoms with Crippen molar-refractivity contribution in [3.05, 3.63) is 50.6 Å². The number of carbonyl (C=O) groups excluding carboxylic acids is 4. The zero-order valence-electron chi connectivity index (χ0n) is 23.1. The molecule has 0 saturated carbocycles. The molecular formula is C27H42O12. The van der Waals surface area contributed by atoms with E-state index in [0.717, 1.165) is 24.3 Å². The van der Waals surface area contributed by atoms with E-state index in [4.69, 9.17) is 28.4 Å². The molecule has 222 valence electrons. The Balaban J connectivity index is 0. The van der Waals surface area contributed by atoms with Crippen molar-refractivity contribution in [1.29, 1.82) is 0 Å².